The van der Waals surface area contributed by atoms with Gasteiger partial charge in [0, 0.05) is 10.9 Å². The molecule has 6 nitrogen and oxygen atoms in total. The lowest BCUT2D eigenvalue weighted by molar-refractivity contribution is -0.130. The maximum Gasteiger partial charge on any atom is 0.245 e. The number of carbonyl (C=O) groups excluding carboxylic acids is 2. The first kappa shape index (κ1) is 17.2. The number of nitrogens with zero attached hydrogens (tertiary/aromatic N) is 2. The Morgan fingerprint density at radius 3 is 3.00 bits per heavy atom. The summed E-state index contributed by atoms with van der Waals surface area (Å²) in [7, 11) is 1.61. The van der Waals surface area contributed by atoms with E-state index in [2.05, 4.69) is 26.2 Å². The van der Waals surface area contributed by atoms with Crippen molar-refractivity contribution < 1.29 is 14.3 Å². The Morgan fingerprint density at radius 1 is 1.50 bits per heavy atom. The number of thiazole rings is 1. The zero-order valence-electron chi connectivity index (χ0n) is 12.7. The first-order valence-corrected chi connectivity index (χ1v) is 9.84. The SMILES string of the molecule is COc1ccc(-c2csc(NC(=O)CN3CSCC3=O)n2)cc1Br. The minimum absolute atomic E-state index is 0.00180. The van der Waals surface area contributed by atoms with Gasteiger partial charge in [-0.1, -0.05) is 0 Å². The maximum atomic E-state index is 12.0. The van der Waals surface area contributed by atoms with Crippen molar-refractivity contribution in [1.29, 1.82) is 0 Å². The highest BCUT2D eigenvalue weighted by Gasteiger charge is 2.23. The molecule has 3 rings (SSSR count). The van der Waals surface area contributed by atoms with Gasteiger partial charge >= 0.3 is 0 Å². The molecule has 2 heterocycles. The zero-order valence-corrected chi connectivity index (χ0v) is 16.0. The molecule has 0 aliphatic carbocycles. The van der Waals surface area contributed by atoms with E-state index in [-0.39, 0.29) is 18.4 Å². The summed E-state index contributed by atoms with van der Waals surface area (Å²) >= 11 is 6.31. The van der Waals surface area contributed by atoms with Gasteiger partial charge in [-0.25, -0.2) is 4.98 Å². The van der Waals surface area contributed by atoms with Crippen molar-refractivity contribution in [3.63, 3.8) is 0 Å². The molecule has 2 amide bonds. The third-order valence-corrected chi connectivity index (χ3v) is 5.68. The van der Waals surface area contributed by atoms with Crippen LogP contribution < -0.4 is 10.1 Å². The zero-order chi connectivity index (χ0) is 17.1. The number of hydrogen-bond donors (Lipinski definition) is 1. The van der Waals surface area contributed by atoms with Gasteiger partial charge in [-0.15, -0.1) is 23.1 Å². The third kappa shape index (κ3) is 3.90. The number of amides is 2. The summed E-state index contributed by atoms with van der Waals surface area (Å²) in [6.07, 6.45) is 0. The highest BCUT2D eigenvalue weighted by molar-refractivity contribution is 9.10. The van der Waals surface area contributed by atoms with Crippen LogP contribution >= 0.6 is 39.0 Å². The predicted octanol–water partition coefficient (Wildman–Crippen LogP) is 3.05. The van der Waals surface area contributed by atoms with Crippen LogP contribution in [0, 0.1) is 0 Å². The van der Waals surface area contributed by atoms with E-state index in [4.69, 9.17) is 4.74 Å². The van der Waals surface area contributed by atoms with Crippen molar-refractivity contribution in [2.45, 2.75) is 0 Å². The van der Waals surface area contributed by atoms with Gasteiger partial charge in [0.25, 0.3) is 0 Å². The van der Waals surface area contributed by atoms with Crippen molar-refractivity contribution in [3.8, 4) is 17.0 Å². The molecule has 24 heavy (non-hydrogen) atoms. The Labute approximate surface area is 155 Å². The molecular weight excluding hydrogens is 414 g/mol. The summed E-state index contributed by atoms with van der Waals surface area (Å²) in [5.41, 5.74) is 1.69. The second-order valence-electron chi connectivity index (χ2n) is 5.00. The molecule has 0 radical (unpaired) electrons. The lowest BCUT2D eigenvalue weighted by Crippen LogP contribution is -2.34. The molecule has 0 saturated carbocycles. The smallest absolute Gasteiger partial charge is 0.245 e. The Balaban J connectivity index is 1.66. The fourth-order valence-corrected chi connectivity index (χ4v) is 4.34. The number of hydrogen-bond acceptors (Lipinski definition) is 6. The Kier molecular flexibility index (Phi) is 5.42. The first-order valence-electron chi connectivity index (χ1n) is 7.01. The van der Waals surface area contributed by atoms with Gasteiger partial charge in [0.1, 0.15) is 12.3 Å². The maximum absolute atomic E-state index is 12.0. The number of carbonyl (C=O) groups is 2. The van der Waals surface area contributed by atoms with Crippen LogP contribution in [0.25, 0.3) is 11.3 Å². The summed E-state index contributed by atoms with van der Waals surface area (Å²) in [6, 6.07) is 5.68. The summed E-state index contributed by atoms with van der Waals surface area (Å²) in [6.45, 7) is 0.0643. The minimum atomic E-state index is -0.234. The number of benzene rings is 1. The molecule has 0 unspecified atom stereocenters. The molecule has 0 bridgehead atoms. The van der Waals surface area contributed by atoms with Gasteiger partial charge in [-0.3, -0.25) is 9.59 Å². The highest BCUT2D eigenvalue weighted by Crippen LogP contribution is 2.32. The molecule has 2 aromatic rings. The Bertz CT molecular complexity index is 781. The van der Waals surface area contributed by atoms with Crippen LogP contribution in [0.3, 0.4) is 0 Å². The average Bonchev–Trinajstić information content (AvgIpc) is 3.17. The van der Waals surface area contributed by atoms with E-state index in [1.54, 1.807) is 7.11 Å². The summed E-state index contributed by atoms with van der Waals surface area (Å²) in [4.78, 5) is 29.5. The molecule has 126 valence electrons. The number of methoxy groups -OCH3 is 1. The molecule has 1 saturated heterocycles. The molecule has 1 aromatic heterocycles. The lowest BCUT2D eigenvalue weighted by atomic mass is 10.2. The quantitative estimate of drug-likeness (QED) is 0.793. The topological polar surface area (TPSA) is 71.5 Å². The van der Waals surface area contributed by atoms with Gasteiger partial charge in [0.2, 0.25) is 11.8 Å². The number of anilines is 1. The van der Waals surface area contributed by atoms with E-state index in [9.17, 15) is 9.59 Å². The number of ether oxygens (including phenoxy) is 1. The fourth-order valence-electron chi connectivity index (χ4n) is 2.16. The van der Waals surface area contributed by atoms with Crippen molar-refractivity contribution in [3.05, 3.63) is 28.1 Å². The minimum Gasteiger partial charge on any atom is -0.496 e. The van der Waals surface area contributed by atoms with Crippen LogP contribution in [0.1, 0.15) is 0 Å². The number of nitrogens with one attached hydrogen (secondary N) is 1. The molecule has 9 heteroatoms. The molecule has 1 aliphatic heterocycles. The van der Waals surface area contributed by atoms with Crippen molar-refractivity contribution in [2.75, 3.05) is 30.6 Å². The van der Waals surface area contributed by atoms with E-state index in [1.807, 2.05) is 23.6 Å². The first-order chi connectivity index (χ1) is 11.6. The normalized spacial score (nSPS) is 14.1. The second-order valence-corrected chi connectivity index (χ2v) is 7.67. The van der Waals surface area contributed by atoms with Crippen molar-refractivity contribution in [2.24, 2.45) is 0 Å². The van der Waals surface area contributed by atoms with Crippen molar-refractivity contribution >= 4 is 56.0 Å². The third-order valence-electron chi connectivity index (χ3n) is 3.36. The standard InChI is InChI=1S/C15H14BrN3O3S2/c1-22-12-3-2-9(4-10(12)16)11-6-24-15(17-11)18-13(20)5-19-8-23-7-14(19)21/h2-4,6H,5,7-8H2,1H3,(H,17,18,20). The van der Waals surface area contributed by atoms with Gasteiger partial charge < -0.3 is 15.0 Å². The van der Waals surface area contributed by atoms with Crippen LogP contribution in [-0.2, 0) is 9.59 Å². The van der Waals surface area contributed by atoms with Crippen LogP contribution in [0.5, 0.6) is 5.75 Å². The molecule has 1 aliphatic rings. The number of halogens is 1. The van der Waals surface area contributed by atoms with Gasteiger partial charge in [0.05, 0.1) is 28.9 Å². The molecule has 1 N–H and O–H groups in total. The number of rotatable bonds is 5. The van der Waals surface area contributed by atoms with Crippen LogP contribution in [-0.4, -0.2) is 47.0 Å². The summed E-state index contributed by atoms with van der Waals surface area (Å²) < 4.78 is 6.05. The highest BCUT2D eigenvalue weighted by atomic mass is 79.9. The Morgan fingerprint density at radius 2 is 2.33 bits per heavy atom. The van der Waals surface area contributed by atoms with Crippen LogP contribution in [0.2, 0.25) is 0 Å². The van der Waals surface area contributed by atoms with E-state index in [0.29, 0.717) is 16.8 Å². The van der Waals surface area contributed by atoms with E-state index < -0.39 is 0 Å². The number of thioether (sulfide) groups is 1. The second kappa shape index (κ2) is 7.54. The molecule has 1 fully saturated rings. The largest absolute Gasteiger partial charge is 0.496 e. The molecular formula is C15H14BrN3O3S2. The monoisotopic (exact) mass is 427 g/mol. The van der Waals surface area contributed by atoms with Crippen molar-refractivity contribution in [1.82, 2.24) is 9.88 Å². The van der Waals surface area contributed by atoms with E-state index >= 15 is 0 Å². The average molecular weight is 428 g/mol. The summed E-state index contributed by atoms with van der Waals surface area (Å²) in [5, 5.41) is 5.14. The molecule has 1 aromatic carbocycles. The molecule has 0 atom stereocenters. The number of aromatic nitrogens is 1. The molecule has 0 spiro atoms. The predicted molar refractivity (Wildman–Crippen MR) is 99.5 cm³/mol. The lowest BCUT2D eigenvalue weighted by Gasteiger charge is -2.13. The van der Waals surface area contributed by atoms with Gasteiger partial charge in [-0.05, 0) is 34.1 Å². The Hall–Kier alpha value is -1.58. The van der Waals surface area contributed by atoms with E-state index in [0.717, 1.165) is 21.5 Å². The van der Waals surface area contributed by atoms with Crippen LogP contribution in [0.4, 0.5) is 5.13 Å². The van der Waals surface area contributed by atoms with Crippen LogP contribution in [0.15, 0.2) is 28.1 Å². The van der Waals surface area contributed by atoms with Gasteiger partial charge in [0.15, 0.2) is 5.13 Å². The summed E-state index contributed by atoms with van der Waals surface area (Å²) in [5.74, 6) is 1.52. The fraction of sp³-hybridized carbons (Fsp3) is 0.267. The van der Waals surface area contributed by atoms with E-state index in [1.165, 1.54) is 28.0 Å². The van der Waals surface area contributed by atoms with Gasteiger partial charge in [-0.2, -0.15) is 0 Å².